The fourth-order valence-electron chi connectivity index (χ4n) is 1.63. The lowest BCUT2D eigenvalue weighted by Crippen LogP contribution is -2.50. The third-order valence-electron chi connectivity index (χ3n) is 2.38. The van der Waals surface area contributed by atoms with Gasteiger partial charge in [-0.1, -0.05) is 13.3 Å². The van der Waals surface area contributed by atoms with Crippen molar-refractivity contribution in [3.8, 4) is 0 Å². The molecule has 1 atom stereocenters. The summed E-state index contributed by atoms with van der Waals surface area (Å²) < 4.78 is 0. The molecule has 0 heterocycles. The van der Waals surface area contributed by atoms with Gasteiger partial charge in [-0.2, -0.15) is 0 Å². The van der Waals surface area contributed by atoms with Gasteiger partial charge in [-0.3, -0.25) is 19.9 Å². The summed E-state index contributed by atoms with van der Waals surface area (Å²) in [5.74, 6) is 4.78. The summed E-state index contributed by atoms with van der Waals surface area (Å²) in [4.78, 5) is 24.8. The highest BCUT2D eigenvalue weighted by Crippen LogP contribution is 2.04. The zero-order valence-electron chi connectivity index (χ0n) is 11.1. The third-order valence-corrected chi connectivity index (χ3v) is 2.38. The smallest absolute Gasteiger partial charge is 0.251 e. The van der Waals surface area contributed by atoms with E-state index in [9.17, 15) is 9.59 Å². The number of likely N-dealkylation sites (N-methyl/N-ethyl adjacent to an activating group) is 1. The van der Waals surface area contributed by atoms with Crippen molar-refractivity contribution >= 4 is 11.8 Å². The van der Waals surface area contributed by atoms with Crippen LogP contribution in [0.15, 0.2) is 0 Å². The van der Waals surface area contributed by atoms with E-state index in [0.717, 1.165) is 6.42 Å². The number of carbonyl (C=O) groups is 2. The van der Waals surface area contributed by atoms with Crippen LogP contribution in [0.5, 0.6) is 0 Å². The zero-order valence-corrected chi connectivity index (χ0v) is 11.1. The van der Waals surface area contributed by atoms with E-state index in [1.165, 1.54) is 0 Å². The number of nitrogens with two attached hydrogens (primary N) is 1. The van der Waals surface area contributed by atoms with Crippen LogP contribution in [0, 0.1) is 0 Å². The molecule has 0 radical (unpaired) electrons. The monoisotopic (exact) mass is 244 g/mol. The lowest BCUT2D eigenvalue weighted by atomic mass is 10.1. The summed E-state index contributed by atoms with van der Waals surface area (Å²) in [6.07, 6.45) is 1.53. The van der Waals surface area contributed by atoms with E-state index in [2.05, 4.69) is 10.7 Å². The van der Waals surface area contributed by atoms with Crippen LogP contribution >= 0.6 is 0 Å². The maximum Gasteiger partial charge on any atom is 0.251 e. The van der Waals surface area contributed by atoms with Crippen LogP contribution in [0.25, 0.3) is 0 Å². The summed E-state index contributed by atoms with van der Waals surface area (Å²) in [5.41, 5.74) is 2.13. The first-order chi connectivity index (χ1) is 7.92. The van der Waals surface area contributed by atoms with E-state index in [0.29, 0.717) is 6.42 Å². The first-order valence-electron chi connectivity index (χ1n) is 5.92. The van der Waals surface area contributed by atoms with Crippen molar-refractivity contribution in [3.05, 3.63) is 0 Å². The minimum absolute atomic E-state index is 0.0894. The number of amides is 2. The number of nitrogens with one attached hydrogen (secondary N) is 2. The quantitative estimate of drug-likeness (QED) is 0.323. The van der Waals surface area contributed by atoms with E-state index in [1.54, 1.807) is 11.9 Å². The molecule has 6 nitrogen and oxygen atoms in total. The topological polar surface area (TPSA) is 87.5 Å². The van der Waals surface area contributed by atoms with Crippen molar-refractivity contribution in [2.45, 2.75) is 45.7 Å². The molecule has 0 saturated carbocycles. The minimum Gasteiger partial charge on any atom is -0.353 e. The molecule has 0 saturated heterocycles. The molecule has 0 aromatic carbocycles. The molecule has 0 bridgehead atoms. The predicted octanol–water partition coefficient (Wildman–Crippen LogP) is -0.399. The van der Waals surface area contributed by atoms with Crippen LogP contribution in [0.1, 0.15) is 33.6 Å². The minimum atomic E-state index is -0.358. The molecular weight excluding hydrogens is 220 g/mol. The van der Waals surface area contributed by atoms with Crippen molar-refractivity contribution in [1.29, 1.82) is 0 Å². The van der Waals surface area contributed by atoms with Crippen LogP contribution < -0.4 is 16.6 Å². The molecule has 4 N–H and O–H groups in total. The van der Waals surface area contributed by atoms with Gasteiger partial charge in [-0.15, -0.1) is 0 Å². The Morgan fingerprint density at radius 2 is 1.94 bits per heavy atom. The van der Waals surface area contributed by atoms with Gasteiger partial charge < -0.3 is 5.32 Å². The molecule has 2 amide bonds. The maximum atomic E-state index is 11.6. The molecule has 0 fully saturated rings. The van der Waals surface area contributed by atoms with Gasteiger partial charge in [0.2, 0.25) is 5.91 Å². The Kier molecular flexibility index (Phi) is 7.49. The lowest BCUT2D eigenvalue weighted by molar-refractivity contribution is -0.128. The first kappa shape index (κ1) is 15.9. The molecule has 0 rings (SSSR count). The normalized spacial score (nSPS) is 12.6. The van der Waals surface area contributed by atoms with Gasteiger partial charge in [0.1, 0.15) is 0 Å². The number of carbonyl (C=O) groups excluding carboxylic acids is 2. The molecule has 0 aliphatic rings. The van der Waals surface area contributed by atoms with E-state index < -0.39 is 0 Å². The van der Waals surface area contributed by atoms with Crippen molar-refractivity contribution < 1.29 is 9.59 Å². The molecule has 17 heavy (non-hydrogen) atoms. The largest absolute Gasteiger partial charge is 0.353 e. The van der Waals surface area contributed by atoms with Gasteiger partial charge in [-0.25, -0.2) is 5.84 Å². The molecule has 100 valence electrons. The Balaban J connectivity index is 4.36. The summed E-state index contributed by atoms with van der Waals surface area (Å²) >= 11 is 0. The van der Waals surface area contributed by atoms with Gasteiger partial charge in [-0.05, 0) is 27.3 Å². The summed E-state index contributed by atoms with van der Waals surface area (Å²) in [7, 11) is 1.75. The Bertz CT molecular complexity index is 256. The summed E-state index contributed by atoms with van der Waals surface area (Å²) in [6, 6.07) is -0.258. The second kappa shape index (κ2) is 8.03. The Morgan fingerprint density at radius 3 is 2.35 bits per heavy atom. The second-order valence-corrected chi connectivity index (χ2v) is 4.45. The molecule has 0 aromatic heterocycles. The summed E-state index contributed by atoms with van der Waals surface area (Å²) in [6.45, 7) is 5.97. The van der Waals surface area contributed by atoms with Crippen molar-refractivity contribution in [3.63, 3.8) is 0 Å². The summed E-state index contributed by atoms with van der Waals surface area (Å²) in [5, 5.41) is 2.78. The Morgan fingerprint density at radius 1 is 1.35 bits per heavy atom. The average molecular weight is 244 g/mol. The highest BCUT2D eigenvalue weighted by atomic mass is 16.2. The molecule has 0 aromatic rings. The standard InChI is InChI=1S/C11H24N4O2/c1-5-6-9(11(17)14-12)15(4)7-10(16)13-8(2)3/h8-9H,5-7,12H2,1-4H3,(H,13,16)(H,14,17). The highest BCUT2D eigenvalue weighted by Gasteiger charge is 2.23. The lowest BCUT2D eigenvalue weighted by Gasteiger charge is -2.25. The average Bonchev–Trinajstić information content (AvgIpc) is 2.23. The molecular formula is C11H24N4O2. The number of hydrogen-bond donors (Lipinski definition) is 3. The Hall–Kier alpha value is -1.14. The molecule has 1 unspecified atom stereocenters. The van der Waals surface area contributed by atoms with E-state index in [1.807, 2.05) is 20.8 Å². The van der Waals surface area contributed by atoms with Crippen molar-refractivity contribution in [2.24, 2.45) is 5.84 Å². The van der Waals surface area contributed by atoms with Gasteiger partial charge in [0.25, 0.3) is 5.91 Å². The van der Waals surface area contributed by atoms with Crippen molar-refractivity contribution in [2.75, 3.05) is 13.6 Å². The molecule has 0 aliphatic carbocycles. The van der Waals surface area contributed by atoms with Gasteiger partial charge in [0.15, 0.2) is 0 Å². The van der Waals surface area contributed by atoms with Crippen LogP contribution in [-0.4, -0.2) is 42.4 Å². The van der Waals surface area contributed by atoms with Crippen LogP contribution in [0.3, 0.4) is 0 Å². The second-order valence-electron chi connectivity index (χ2n) is 4.45. The van der Waals surface area contributed by atoms with E-state index in [4.69, 9.17) is 5.84 Å². The van der Waals surface area contributed by atoms with Crippen LogP contribution in [0.2, 0.25) is 0 Å². The van der Waals surface area contributed by atoms with Crippen LogP contribution in [-0.2, 0) is 9.59 Å². The number of rotatable bonds is 7. The predicted molar refractivity (Wildman–Crippen MR) is 66.9 cm³/mol. The Labute approximate surface area is 103 Å². The molecule has 0 aliphatic heterocycles. The van der Waals surface area contributed by atoms with E-state index >= 15 is 0 Å². The third kappa shape index (κ3) is 6.23. The van der Waals surface area contributed by atoms with Gasteiger partial charge in [0, 0.05) is 6.04 Å². The van der Waals surface area contributed by atoms with E-state index in [-0.39, 0.29) is 30.4 Å². The molecule has 6 heteroatoms. The van der Waals surface area contributed by atoms with Gasteiger partial charge >= 0.3 is 0 Å². The first-order valence-corrected chi connectivity index (χ1v) is 5.92. The highest BCUT2D eigenvalue weighted by molar-refractivity contribution is 5.83. The number of hydrogen-bond acceptors (Lipinski definition) is 4. The fraction of sp³-hybridized carbons (Fsp3) is 0.818. The fourth-order valence-corrected chi connectivity index (χ4v) is 1.63. The van der Waals surface area contributed by atoms with Crippen molar-refractivity contribution in [1.82, 2.24) is 15.6 Å². The molecule has 0 spiro atoms. The SMILES string of the molecule is CCCC(C(=O)NN)N(C)CC(=O)NC(C)C. The van der Waals surface area contributed by atoms with Crippen LogP contribution in [0.4, 0.5) is 0 Å². The number of hydrazine groups is 1. The maximum absolute atomic E-state index is 11.6. The zero-order chi connectivity index (χ0) is 13.4. The number of nitrogens with zero attached hydrogens (tertiary/aromatic N) is 1. The van der Waals surface area contributed by atoms with Gasteiger partial charge in [0.05, 0.1) is 12.6 Å².